The first-order valence-electron chi connectivity index (χ1n) is 5.62. The Morgan fingerprint density at radius 2 is 1.61 bits per heavy atom. The molecule has 0 heterocycles. The molecular formula is C14H14ClNO2. The quantitative estimate of drug-likeness (QED) is 0.829. The lowest BCUT2D eigenvalue weighted by Crippen LogP contribution is -2.53. The maximum Gasteiger partial charge on any atom is 0.324 e. The van der Waals surface area contributed by atoms with Gasteiger partial charge in [-0.25, -0.2) is 0 Å². The van der Waals surface area contributed by atoms with Crippen LogP contribution in [0.2, 0.25) is 0 Å². The maximum atomic E-state index is 11.3. The van der Waals surface area contributed by atoms with Crippen LogP contribution >= 0.6 is 12.4 Å². The summed E-state index contributed by atoms with van der Waals surface area (Å²) in [7, 11) is 0. The van der Waals surface area contributed by atoms with Crippen molar-refractivity contribution in [3.05, 3.63) is 47.5 Å². The predicted molar refractivity (Wildman–Crippen MR) is 73.2 cm³/mol. The number of benzene rings is 2. The molecule has 94 valence electrons. The molecule has 1 aliphatic rings. The molecule has 0 saturated carbocycles. The van der Waals surface area contributed by atoms with Gasteiger partial charge in [0.1, 0.15) is 5.54 Å². The van der Waals surface area contributed by atoms with Gasteiger partial charge < -0.3 is 10.8 Å². The average Bonchev–Trinajstić information content (AvgIpc) is 2.29. The fraction of sp³-hybridized carbons (Fsp3) is 0.214. The minimum absolute atomic E-state index is 0. The third-order valence-corrected chi connectivity index (χ3v) is 3.52. The second-order valence-electron chi connectivity index (χ2n) is 4.75. The summed E-state index contributed by atoms with van der Waals surface area (Å²) in [5.74, 6) is -0.927. The molecule has 2 aromatic rings. The highest BCUT2D eigenvalue weighted by molar-refractivity contribution is 5.93. The van der Waals surface area contributed by atoms with Gasteiger partial charge in [-0.05, 0) is 21.9 Å². The Balaban J connectivity index is 0.00000120. The standard InChI is InChI=1S/C14H13NO2.ClH/c15-14(13(16)17)7-10-5-1-3-9-4-2-6-11(8-14)12(9)10;/h1-6H,7-8,15H2,(H,16,17);1H. The number of aliphatic carboxylic acids is 1. The van der Waals surface area contributed by atoms with Gasteiger partial charge in [-0.2, -0.15) is 0 Å². The number of rotatable bonds is 1. The molecule has 3 rings (SSSR count). The normalized spacial score (nSPS) is 16.1. The van der Waals surface area contributed by atoms with Crippen molar-refractivity contribution in [2.45, 2.75) is 18.4 Å². The van der Waals surface area contributed by atoms with Crippen LogP contribution in [0.15, 0.2) is 36.4 Å². The summed E-state index contributed by atoms with van der Waals surface area (Å²) in [5, 5.41) is 11.6. The molecule has 2 aromatic carbocycles. The predicted octanol–water partition coefficient (Wildman–Crippen LogP) is 2.14. The molecule has 0 unspecified atom stereocenters. The van der Waals surface area contributed by atoms with E-state index in [1.807, 2.05) is 36.4 Å². The fourth-order valence-corrected chi connectivity index (χ4v) is 2.69. The molecule has 0 radical (unpaired) electrons. The molecule has 18 heavy (non-hydrogen) atoms. The van der Waals surface area contributed by atoms with Crippen LogP contribution in [0.5, 0.6) is 0 Å². The lowest BCUT2D eigenvalue weighted by atomic mass is 9.77. The Labute approximate surface area is 111 Å². The molecule has 4 heteroatoms. The highest BCUT2D eigenvalue weighted by atomic mass is 35.5. The van der Waals surface area contributed by atoms with E-state index in [2.05, 4.69) is 0 Å². The maximum absolute atomic E-state index is 11.3. The smallest absolute Gasteiger partial charge is 0.324 e. The first-order valence-corrected chi connectivity index (χ1v) is 5.62. The van der Waals surface area contributed by atoms with Crippen molar-refractivity contribution in [3.8, 4) is 0 Å². The summed E-state index contributed by atoms with van der Waals surface area (Å²) in [5.41, 5.74) is 6.90. The summed E-state index contributed by atoms with van der Waals surface area (Å²) < 4.78 is 0. The van der Waals surface area contributed by atoms with Gasteiger partial charge in [0, 0.05) is 12.8 Å². The Hall–Kier alpha value is -1.58. The minimum Gasteiger partial charge on any atom is -0.480 e. The highest BCUT2D eigenvalue weighted by Gasteiger charge is 2.38. The van der Waals surface area contributed by atoms with Crippen LogP contribution in [0.25, 0.3) is 10.8 Å². The van der Waals surface area contributed by atoms with Crippen LogP contribution in [0.3, 0.4) is 0 Å². The number of hydrogen-bond donors (Lipinski definition) is 2. The largest absolute Gasteiger partial charge is 0.480 e. The van der Waals surface area contributed by atoms with Crippen molar-refractivity contribution in [2.24, 2.45) is 5.73 Å². The SMILES string of the molecule is Cl.NC1(C(=O)O)Cc2cccc3cccc(c23)C1. The number of halogens is 1. The zero-order chi connectivity index (χ0) is 12.0. The molecular weight excluding hydrogens is 250 g/mol. The van der Waals surface area contributed by atoms with E-state index in [0.29, 0.717) is 12.8 Å². The minimum atomic E-state index is -1.16. The first-order chi connectivity index (χ1) is 8.10. The third-order valence-electron chi connectivity index (χ3n) is 3.52. The van der Waals surface area contributed by atoms with E-state index in [9.17, 15) is 9.90 Å². The molecule has 0 fully saturated rings. The lowest BCUT2D eigenvalue weighted by Gasteiger charge is -2.31. The molecule has 3 N–H and O–H groups in total. The third kappa shape index (κ3) is 1.76. The number of hydrogen-bond acceptors (Lipinski definition) is 2. The van der Waals surface area contributed by atoms with Gasteiger partial charge >= 0.3 is 5.97 Å². The van der Waals surface area contributed by atoms with Crippen LogP contribution in [0, 0.1) is 0 Å². The van der Waals surface area contributed by atoms with Gasteiger partial charge in [0.2, 0.25) is 0 Å². The Bertz CT molecular complexity index is 583. The van der Waals surface area contributed by atoms with Gasteiger partial charge in [0.25, 0.3) is 0 Å². The van der Waals surface area contributed by atoms with Crippen LogP contribution < -0.4 is 5.73 Å². The second kappa shape index (κ2) is 4.26. The van der Waals surface area contributed by atoms with E-state index in [4.69, 9.17) is 5.73 Å². The monoisotopic (exact) mass is 263 g/mol. The van der Waals surface area contributed by atoms with Crippen molar-refractivity contribution < 1.29 is 9.90 Å². The molecule has 0 amide bonds. The number of nitrogens with two attached hydrogens (primary N) is 1. The average molecular weight is 264 g/mol. The molecule has 0 bridgehead atoms. The van der Waals surface area contributed by atoms with E-state index in [1.54, 1.807) is 0 Å². The molecule has 0 aromatic heterocycles. The van der Waals surface area contributed by atoms with Gasteiger partial charge in [-0.3, -0.25) is 4.79 Å². The lowest BCUT2D eigenvalue weighted by molar-refractivity contribution is -0.143. The van der Waals surface area contributed by atoms with E-state index >= 15 is 0 Å². The van der Waals surface area contributed by atoms with Gasteiger partial charge in [-0.15, -0.1) is 12.4 Å². The highest BCUT2D eigenvalue weighted by Crippen LogP contribution is 2.33. The van der Waals surface area contributed by atoms with Crippen molar-refractivity contribution in [1.29, 1.82) is 0 Å². The van der Waals surface area contributed by atoms with Crippen LogP contribution in [-0.2, 0) is 17.6 Å². The molecule has 1 aliphatic carbocycles. The number of carboxylic acids is 1. The van der Waals surface area contributed by atoms with Crippen molar-refractivity contribution in [3.63, 3.8) is 0 Å². The summed E-state index contributed by atoms with van der Waals surface area (Å²) in [6.45, 7) is 0. The van der Waals surface area contributed by atoms with Gasteiger partial charge in [-0.1, -0.05) is 36.4 Å². The zero-order valence-corrected chi connectivity index (χ0v) is 10.5. The number of carbonyl (C=O) groups is 1. The Morgan fingerprint density at radius 1 is 1.11 bits per heavy atom. The summed E-state index contributed by atoms with van der Waals surface area (Å²) in [6, 6.07) is 11.9. The van der Waals surface area contributed by atoms with E-state index < -0.39 is 11.5 Å². The summed E-state index contributed by atoms with van der Waals surface area (Å²) in [6.07, 6.45) is 0.799. The first kappa shape index (κ1) is 12.9. The molecule has 0 aliphatic heterocycles. The molecule has 0 saturated heterocycles. The molecule has 0 spiro atoms. The van der Waals surface area contributed by atoms with Crippen molar-refractivity contribution in [1.82, 2.24) is 0 Å². The summed E-state index contributed by atoms with van der Waals surface area (Å²) in [4.78, 5) is 11.3. The van der Waals surface area contributed by atoms with Gasteiger partial charge in [0.05, 0.1) is 0 Å². The fourth-order valence-electron chi connectivity index (χ4n) is 2.69. The summed E-state index contributed by atoms with van der Waals surface area (Å²) >= 11 is 0. The van der Waals surface area contributed by atoms with Crippen LogP contribution in [0.1, 0.15) is 11.1 Å². The van der Waals surface area contributed by atoms with E-state index in [0.717, 1.165) is 16.5 Å². The topological polar surface area (TPSA) is 63.3 Å². The van der Waals surface area contributed by atoms with E-state index in [-0.39, 0.29) is 12.4 Å². The second-order valence-corrected chi connectivity index (χ2v) is 4.75. The Kier molecular flexibility index (Phi) is 3.05. The van der Waals surface area contributed by atoms with Crippen LogP contribution in [-0.4, -0.2) is 16.6 Å². The van der Waals surface area contributed by atoms with Crippen molar-refractivity contribution >= 4 is 29.1 Å². The van der Waals surface area contributed by atoms with Crippen LogP contribution in [0.4, 0.5) is 0 Å². The molecule has 3 nitrogen and oxygen atoms in total. The van der Waals surface area contributed by atoms with E-state index in [1.165, 1.54) is 5.39 Å². The number of carboxylic acid groups (broad SMARTS) is 1. The molecule has 0 atom stereocenters. The zero-order valence-electron chi connectivity index (χ0n) is 9.72. The Morgan fingerprint density at radius 3 is 2.06 bits per heavy atom. The van der Waals surface area contributed by atoms with Gasteiger partial charge in [0.15, 0.2) is 0 Å². The van der Waals surface area contributed by atoms with Crippen molar-refractivity contribution in [2.75, 3.05) is 0 Å².